The molecule has 27 heavy (non-hydrogen) atoms. The van der Waals surface area contributed by atoms with Gasteiger partial charge in [-0.15, -0.1) is 0 Å². The van der Waals surface area contributed by atoms with E-state index in [0.29, 0.717) is 11.5 Å². The molecule has 0 atom stereocenters. The van der Waals surface area contributed by atoms with Gasteiger partial charge >= 0.3 is 0 Å². The van der Waals surface area contributed by atoms with Crippen LogP contribution in [0.25, 0.3) is 11.3 Å². The van der Waals surface area contributed by atoms with Crippen LogP contribution in [0.5, 0.6) is 0 Å². The standard InChI is InChI=1S/C22H24N4O/c1-4-26(5-2)21-15-20(18-9-7-6-8-10-18)24-22(25-21)23-19-13-11-17(12-14-19)16(3)27/h6-15H,4-5H2,1-3H3,(H,23,24,25). The Kier molecular flexibility index (Phi) is 5.81. The van der Waals surface area contributed by atoms with Gasteiger partial charge in [0.1, 0.15) is 5.82 Å². The van der Waals surface area contributed by atoms with Crippen LogP contribution in [0.3, 0.4) is 0 Å². The lowest BCUT2D eigenvalue weighted by molar-refractivity contribution is 0.101. The van der Waals surface area contributed by atoms with Crippen molar-refractivity contribution in [1.29, 1.82) is 0 Å². The molecule has 5 heteroatoms. The number of nitrogens with one attached hydrogen (secondary N) is 1. The minimum atomic E-state index is 0.0488. The Balaban J connectivity index is 1.98. The van der Waals surface area contributed by atoms with Gasteiger partial charge in [0, 0.05) is 36.0 Å². The first-order valence-electron chi connectivity index (χ1n) is 9.18. The summed E-state index contributed by atoms with van der Waals surface area (Å²) in [5.74, 6) is 1.47. The highest BCUT2D eigenvalue weighted by atomic mass is 16.1. The van der Waals surface area contributed by atoms with Crippen LogP contribution in [0.15, 0.2) is 60.7 Å². The molecule has 0 fully saturated rings. The Labute approximate surface area is 160 Å². The second kappa shape index (κ2) is 8.45. The summed E-state index contributed by atoms with van der Waals surface area (Å²) in [5, 5.41) is 3.26. The van der Waals surface area contributed by atoms with Crippen LogP contribution < -0.4 is 10.2 Å². The van der Waals surface area contributed by atoms with E-state index in [1.807, 2.05) is 48.5 Å². The first-order chi connectivity index (χ1) is 13.1. The van der Waals surface area contributed by atoms with Crippen LogP contribution in [-0.2, 0) is 0 Å². The number of benzene rings is 2. The van der Waals surface area contributed by atoms with Crippen molar-refractivity contribution in [2.24, 2.45) is 0 Å². The molecule has 0 unspecified atom stereocenters. The fourth-order valence-electron chi connectivity index (χ4n) is 2.87. The number of hydrogen-bond donors (Lipinski definition) is 1. The molecule has 0 radical (unpaired) electrons. The molecule has 0 aliphatic carbocycles. The summed E-state index contributed by atoms with van der Waals surface area (Å²) in [4.78, 5) is 23.0. The molecule has 1 aromatic heterocycles. The molecule has 1 N–H and O–H groups in total. The minimum absolute atomic E-state index is 0.0488. The summed E-state index contributed by atoms with van der Waals surface area (Å²) >= 11 is 0. The summed E-state index contributed by atoms with van der Waals surface area (Å²) in [6.45, 7) is 7.52. The smallest absolute Gasteiger partial charge is 0.229 e. The molecular weight excluding hydrogens is 336 g/mol. The monoisotopic (exact) mass is 360 g/mol. The molecule has 5 nitrogen and oxygen atoms in total. The number of ketones is 1. The fraction of sp³-hybridized carbons (Fsp3) is 0.227. The molecule has 0 bridgehead atoms. The number of anilines is 3. The van der Waals surface area contributed by atoms with Crippen molar-refractivity contribution in [2.75, 3.05) is 23.3 Å². The maximum Gasteiger partial charge on any atom is 0.229 e. The summed E-state index contributed by atoms with van der Waals surface area (Å²) in [7, 11) is 0. The van der Waals surface area contributed by atoms with Gasteiger partial charge in [0.05, 0.1) is 5.69 Å². The zero-order valence-electron chi connectivity index (χ0n) is 15.9. The Hall–Kier alpha value is -3.21. The molecule has 0 spiro atoms. The highest BCUT2D eigenvalue weighted by molar-refractivity contribution is 5.94. The van der Waals surface area contributed by atoms with E-state index in [0.717, 1.165) is 35.9 Å². The van der Waals surface area contributed by atoms with Crippen molar-refractivity contribution in [2.45, 2.75) is 20.8 Å². The molecule has 2 aromatic carbocycles. The van der Waals surface area contributed by atoms with Gasteiger partial charge in [-0.1, -0.05) is 30.3 Å². The number of aromatic nitrogens is 2. The molecule has 0 amide bonds. The zero-order valence-corrected chi connectivity index (χ0v) is 15.9. The molecule has 1 heterocycles. The van der Waals surface area contributed by atoms with Gasteiger partial charge in [-0.2, -0.15) is 4.98 Å². The first kappa shape index (κ1) is 18.6. The second-order valence-corrected chi connectivity index (χ2v) is 6.23. The Bertz CT molecular complexity index is 903. The van der Waals surface area contributed by atoms with E-state index in [4.69, 9.17) is 9.97 Å². The van der Waals surface area contributed by atoms with Crippen LogP contribution in [0.2, 0.25) is 0 Å². The predicted octanol–water partition coefficient (Wildman–Crippen LogP) is 4.94. The van der Waals surface area contributed by atoms with E-state index < -0.39 is 0 Å². The molecule has 0 aliphatic heterocycles. The third kappa shape index (κ3) is 4.50. The Morgan fingerprint density at radius 1 is 0.963 bits per heavy atom. The molecule has 3 rings (SSSR count). The third-order valence-corrected chi connectivity index (χ3v) is 4.42. The lowest BCUT2D eigenvalue weighted by Gasteiger charge is -2.21. The van der Waals surface area contributed by atoms with E-state index >= 15 is 0 Å². The van der Waals surface area contributed by atoms with E-state index in [-0.39, 0.29) is 5.78 Å². The topological polar surface area (TPSA) is 58.1 Å². The van der Waals surface area contributed by atoms with Crippen LogP contribution in [0.4, 0.5) is 17.5 Å². The first-order valence-corrected chi connectivity index (χ1v) is 9.18. The van der Waals surface area contributed by atoms with Gasteiger partial charge in [0.25, 0.3) is 0 Å². The SMILES string of the molecule is CCN(CC)c1cc(-c2ccccc2)nc(Nc2ccc(C(C)=O)cc2)n1. The molecular formula is C22H24N4O. The average molecular weight is 360 g/mol. The van der Waals surface area contributed by atoms with E-state index in [1.54, 1.807) is 19.1 Å². The number of carbonyl (C=O) groups is 1. The van der Waals surface area contributed by atoms with Gasteiger partial charge in [-0.3, -0.25) is 4.79 Å². The molecule has 0 saturated heterocycles. The Morgan fingerprint density at radius 2 is 1.63 bits per heavy atom. The lowest BCUT2D eigenvalue weighted by Crippen LogP contribution is -2.23. The van der Waals surface area contributed by atoms with Gasteiger partial charge in [-0.25, -0.2) is 4.98 Å². The second-order valence-electron chi connectivity index (χ2n) is 6.23. The lowest BCUT2D eigenvalue weighted by atomic mass is 10.1. The summed E-state index contributed by atoms with van der Waals surface area (Å²) in [6, 6.07) is 19.4. The number of Topliss-reactive ketones (excluding diaryl/α,β-unsaturated/α-hetero) is 1. The van der Waals surface area contributed by atoms with Crippen LogP contribution in [-0.4, -0.2) is 28.8 Å². The quantitative estimate of drug-likeness (QED) is 0.605. The van der Waals surface area contributed by atoms with Crippen molar-refractivity contribution in [3.63, 3.8) is 0 Å². The number of nitrogens with zero attached hydrogens (tertiary/aromatic N) is 3. The third-order valence-electron chi connectivity index (χ3n) is 4.42. The summed E-state index contributed by atoms with van der Waals surface area (Å²) in [5.41, 5.74) is 3.44. The van der Waals surface area contributed by atoms with E-state index in [1.165, 1.54) is 0 Å². The summed E-state index contributed by atoms with van der Waals surface area (Å²) in [6.07, 6.45) is 0. The number of rotatable bonds is 7. The highest BCUT2D eigenvalue weighted by Crippen LogP contribution is 2.25. The van der Waals surface area contributed by atoms with Gasteiger partial charge < -0.3 is 10.2 Å². The van der Waals surface area contributed by atoms with Gasteiger partial charge in [0.15, 0.2) is 5.78 Å². The van der Waals surface area contributed by atoms with Crippen molar-refractivity contribution in [3.8, 4) is 11.3 Å². The van der Waals surface area contributed by atoms with Crippen LogP contribution >= 0.6 is 0 Å². The molecule has 138 valence electrons. The van der Waals surface area contributed by atoms with Crippen molar-refractivity contribution in [1.82, 2.24) is 9.97 Å². The van der Waals surface area contributed by atoms with Gasteiger partial charge in [-0.05, 0) is 45.0 Å². The minimum Gasteiger partial charge on any atom is -0.357 e. The van der Waals surface area contributed by atoms with E-state index in [9.17, 15) is 4.79 Å². The normalized spacial score (nSPS) is 10.5. The maximum absolute atomic E-state index is 11.5. The summed E-state index contributed by atoms with van der Waals surface area (Å²) < 4.78 is 0. The number of hydrogen-bond acceptors (Lipinski definition) is 5. The maximum atomic E-state index is 11.5. The van der Waals surface area contributed by atoms with Gasteiger partial charge in [0.2, 0.25) is 5.95 Å². The van der Waals surface area contributed by atoms with Crippen molar-refractivity contribution in [3.05, 3.63) is 66.2 Å². The van der Waals surface area contributed by atoms with Crippen molar-refractivity contribution >= 4 is 23.2 Å². The van der Waals surface area contributed by atoms with Crippen LogP contribution in [0.1, 0.15) is 31.1 Å². The molecule has 0 aliphatic rings. The number of carbonyl (C=O) groups excluding carboxylic acids is 1. The van der Waals surface area contributed by atoms with Crippen LogP contribution in [0, 0.1) is 0 Å². The molecule has 3 aromatic rings. The Morgan fingerprint density at radius 3 is 2.22 bits per heavy atom. The fourth-order valence-corrected chi connectivity index (χ4v) is 2.87. The molecule has 0 saturated carbocycles. The highest BCUT2D eigenvalue weighted by Gasteiger charge is 2.11. The predicted molar refractivity (Wildman–Crippen MR) is 111 cm³/mol. The van der Waals surface area contributed by atoms with E-state index in [2.05, 4.69) is 24.1 Å². The van der Waals surface area contributed by atoms with Crippen molar-refractivity contribution < 1.29 is 4.79 Å². The largest absolute Gasteiger partial charge is 0.357 e. The zero-order chi connectivity index (χ0) is 19.2. The average Bonchev–Trinajstić information content (AvgIpc) is 2.70.